The molecule has 2 atom stereocenters. The van der Waals surface area contributed by atoms with Gasteiger partial charge in [-0.2, -0.15) is 0 Å². The molecule has 0 spiro atoms. The SMILES string of the molecule is C[Si](C)(Cl)O[Si](C)(Cl)O[Si](Cl)(O[Si](C)(C)Cl)c1ccc(O)cc1. The Morgan fingerprint density at radius 1 is 0.739 bits per heavy atom. The van der Waals surface area contributed by atoms with Crippen LogP contribution in [0, 0.1) is 0 Å². The summed E-state index contributed by atoms with van der Waals surface area (Å²) in [5.41, 5.74) is 0. The molecule has 0 heterocycles. The van der Waals surface area contributed by atoms with E-state index >= 15 is 0 Å². The molecule has 12 heteroatoms. The second-order valence-electron chi connectivity index (χ2n) is 5.95. The van der Waals surface area contributed by atoms with E-state index < -0.39 is 31.0 Å². The number of hydrogen-bond donors (Lipinski definition) is 1. The number of hydrogen-bond acceptors (Lipinski definition) is 4. The number of benzene rings is 1. The average Bonchev–Trinajstić information content (AvgIpc) is 2.21. The van der Waals surface area contributed by atoms with Crippen LogP contribution in [0.5, 0.6) is 5.75 Å². The van der Waals surface area contributed by atoms with Gasteiger partial charge in [0.1, 0.15) is 5.75 Å². The third kappa shape index (κ3) is 8.23. The van der Waals surface area contributed by atoms with Crippen molar-refractivity contribution in [1.29, 1.82) is 0 Å². The first kappa shape index (κ1) is 22.0. The molecule has 1 aromatic carbocycles. The monoisotopic (exact) mass is 468 g/mol. The van der Waals surface area contributed by atoms with Gasteiger partial charge in [-0.1, -0.05) is 23.2 Å². The van der Waals surface area contributed by atoms with Crippen molar-refractivity contribution < 1.29 is 17.5 Å². The van der Waals surface area contributed by atoms with E-state index in [1.165, 1.54) is 12.1 Å². The summed E-state index contributed by atoms with van der Waals surface area (Å²) in [6.07, 6.45) is 0. The normalized spacial score (nSPS) is 18.3. The van der Waals surface area contributed by atoms with Crippen LogP contribution < -0.4 is 5.19 Å². The Hall–Kier alpha value is 0.928. The van der Waals surface area contributed by atoms with Crippen molar-refractivity contribution in [3.63, 3.8) is 0 Å². The summed E-state index contributed by atoms with van der Waals surface area (Å²) < 4.78 is 17.7. The van der Waals surface area contributed by atoms with E-state index in [4.69, 9.17) is 56.7 Å². The molecule has 2 unspecified atom stereocenters. The van der Waals surface area contributed by atoms with Gasteiger partial charge in [-0.25, -0.2) is 0 Å². The van der Waals surface area contributed by atoms with Crippen molar-refractivity contribution in [3.05, 3.63) is 24.3 Å². The van der Waals surface area contributed by atoms with Crippen LogP contribution in [0.4, 0.5) is 0 Å². The molecular weight excluding hydrogens is 450 g/mol. The van der Waals surface area contributed by atoms with Crippen LogP contribution in [0.2, 0.25) is 32.7 Å². The molecule has 0 aliphatic rings. The minimum absolute atomic E-state index is 0.112. The second-order valence-corrected chi connectivity index (χ2v) is 26.2. The maximum absolute atomic E-state index is 9.46. The minimum atomic E-state index is -3.46. The maximum Gasteiger partial charge on any atom is 0.460 e. The molecule has 0 aliphatic carbocycles. The van der Waals surface area contributed by atoms with Crippen molar-refractivity contribution in [2.45, 2.75) is 32.7 Å². The van der Waals surface area contributed by atoms with E-state index in [1.807, 2.05) is 0 Å². The molecule has 1 aromatic rings. The van der Waals surface area contributed by atoms with Gasteiger partial charge in [-0.3, -0.25) is 0 Å². The zero-order chi connectivity index (χ0) is 18.1. The van der Waals surface area contributed by atoms with Crippen LogP contribution in [0.3, 0.4) is 0 Å². The largest absolute Gasteiger partial charge is 0.508 e. The smallest absolute Gasteiger partial charge is 0.460 e. The fraction of sp³-hybridized carbons (Fsp3) is 0.455. The predicted octanol–water partition coefficient (Wildman–Crippen LogP) is 4.52. The third-order valence-corrected chi connectivity index (χ3v) is 17.1. The van der Waals surface area contributed by atoms with Crippen molar-refractivity contribution in [2.75, 3.05) is 0 Å². The third-order valence-electron chi connectivity index (χ3n) is 2.32. The summed E-state index contributed by atoms with van der Waals surface area (Å²) in [6.45, 7) is 8.82. The second kappa shape index (κ2) is 7.66. The molecule has 0 fully saturated rings. The molecule has 0 saturated heterocycles. The van der Waals surface area contributed by atoms with Gasteiger partial charge in [0.15, 0.2) is 0 Å². The van der Waals surface area contributed by atoms with Crippen LogP contribution in [-0.2, 0) is 12.3 Å². The van der Waals surface area contributed by atoms with Gasteiger partial charge < -0.3 is 17.5 Å². The lowest BCUT2D eigenvalue weighted by atomic mass is 10.3. The van der Waals surface area contributed by atoms with E-state index in [0.717, 1.165) is 0 Å². The van der Waals surface area contributed by atoms with E-state index in [-0.39, 0.29) is 5.75 Å². The quantitative estimate of drug-likeness (QED) is 0.471. The molecule has 4 nitrogen and oxygen atoms in total. The minimum Gasteiger partial charge on any atom is -0.508 e. The fourth-order valence-corrected chi connectivity index (χ4v) is 21.8. The number of halogens is 4. The predicted molar refractivity (Wildman–Crippen MR) is 107 cm³/mol. The molecule has 0 radical (unpaired) electrons. The number of phenols is 1. The highest BCUT2D eigenvalue weighted by Gasteiger charge is 2.51. The number of rotatable bonds is 7. The summed E-state index contributed by atoms with van der Waals surface area (Å²) in [7, 11) is -11.6. The summed E-state index contributed by atoms with van der Waals surface area (Å²) in [6, 6.07) is 6.28. The summed E-state index contributed by atoms with van der Waals surface area (Å²) >= 11 is 25.7. The molecule has 23 heavy (non-hydrogen) atoms. The van der Waals surface area contributed by atoms with E-state index in [0.29, 0.717) is 5.19 Å². The molecular formula is C11H20Cl4O4Si4. The lowest BCUT2D eigenvalue weighted by molar-refractivity contribution is 0.369. The van der Waals surface area contributed by atoms with Crippen molar-refractivity contribution in [2.24, 2.45) is 0 Å². The lowest BCUT2D eigenvalue weighted by Gasteiger charge is -2.36. The van der Waals surface area contributed by atoms with Gasteiger partial charge in [-0.15, -0.1) is 33.2 Å². The number of phenolic OH excluding ortho intramolecular Hbond substituents is 1. The van der Waals surface area contributed by atoms with Gasteiger partial charge in [0.25, 0.3) is 15.3 Å². The summed E-state index contributed by atoms with van der Waals surface area (Å²) in [5, 5.41) is 10.1. The highest BCUT2D eigenvalue weighted by atomic mass is 35.6. The molecule has 0 bridgehead atoms. The Balaban J connectivity index is 3.17. The van der Waals surface area contributed by atoms with E-state index in [9.17, 15) is 5.11 Å². The van der Waals surface area contributed by atoms with Crippen LogP contribution in [0.25, 0.3) is 0 Å². The molecule has 132 valence electrons. The van der Waals surface area contributed by atoms with E-state index in [2.05, 4.69) is 0 Å². The zero-order valence-electron chi connectivity index (χ0n) is 13.5. The Kier molecular flexibility index (Phi) is 7.32. The first-order valence-corrected chi connectivity index (χ1v) is 20.8. The standard InChI is InChI=1S/C11H20Cl4O4Si4/c1-20(2,12)17-22(5,14)19-23(15,18-21(3,4)13)11-8-6-10(16)7-9-11/h6-9,16H,1-5H3. The van der Waals surface area contributed by atoms with E-state index in [1.54, 1.807) is 44.9 Å². The Bertz CT molecular complexity index is 532. The molecule has 0 aliphatic heterocycles. The van der Waals surface area contributed by atoms with Crippen LogP contribution in [0.1, 0.15) is 0 Å². The van der Waals surface area contributed by atoms with Crippen LogP contribution >= 0.6 is 44.3 Å². The van der Waals surface area contributed by atoms with Crippen molar-refractivity contribution >= 4 is 80.5 Å². The topological polar surface area (TPSA) is 47.9 Å². The molecule has 1 rings (SSSR count). The fourth-order valence-electron chi connectivity index (χ4n) is 1.80. The summed E-state index contributed by atoms with van der Waals surface area (Å²) in [4.78, 5) is 0. The average molecular weight is 470 g/mol. The molecule has 1 N–H and O–H groups in total. The van der Waals surface area contributed by atoms with Gasteiger partial charge in [0, 0.05) is 5.19 Å². The Morgan fingerprint density at radius 3 is 1.57 bits per heavy atom. The maximum atomic E-state index is 9.46. The molecule has 0 saturated carbocycles. The first-order chi connectivity index (χ1) is 10.1. The van der Waals surface area contributed by atoms with Gasteiger partial charge >= 0.3 is 15.7 Å². The zero-order valence-corrected chi connectivity index (χ0v) is 20.5. The van der Waals surface area contributed by atoms with Gasteiger partial charge in [0.05, 0.1) is 0 Å². The Morgan fingerprint density at radius 2 is 1.17 bits per heavy atom. The molecule has 0 amide bonds. The molecule has 0 aromatic heterocycles. The van der Waals surface area contributed by atoms with Gasteiger partial charge in [-0.05, 0) is 44.9 Å². The first-order valence-electron chi connectivity index (χ1n) is 6.78. The highest BCUT2D eigenvalue weighted by molar-refractivity contribution is 7.32. The van der Waals surface area contributed by atoms with Crippen molar-refractivity contribution in [3.8, 4) is 5.75 Å². The lowest BCUT2D eigenvalue weighted by Crippen LogP contribution is -2.60. The number of aromatic hydroxyl groups is 1. The van der Waals surface area contributed by atoms with Crippen molar-refractivity contribution in [1.82, 2.24) is 0 Å². The summed E-state index contributed by atoms with van der Waals surface area (Å²) in [5.74, 6) is 0.112. The van der Waals surface area contributed by atoms with Crippen LogP contribution in [0.15, 0.2) is 24.3 Å². The van der Waals surface area contributed by atoms with Gasteiger partial charge in [0.2, 0.25) is 0 Å². The Labute approximate surface area is 160 Å². The van der Waals surface area contributed by atoms with Crippen LogP contribution in [-0.4, -0.2) is 36.1 Å². The highest BCUT2D eigenvalue weighted by Crippen LogP contribution is 2.30.